The lowest BCUT2D eigenvalue weighted by atomic mass is 9.75. The van der Waals surface area contributed by atoms with Gasteiger partial charge < -0.3 is 14.7 Å². The van der Waals surface area contributed by atoms with Gasteiger partial charge in [-0.1, -0.05) is 218 Å². The highest BCUT2D eigenvalue weighted by atomic mass is 19.4. The summed E-state index contributed by atoms with van der Waals surface area (Å²) in [6, 6.07) is 94.7. The summed E-state index contributed by atoms with van der Waals surface area (Å²) in [4.78, 5) is 15.7. The molecule has 0 fully saturated rings. The van der Waals surface area contributed by atoms with Crippen LogP contribution in [0.25, 0.3) is 33.9 Å². The number of hydrogen-bond donors (Lipinski definition) is 0. The average Bonchev–Trinajstić information content (AvgIpc) is 0.761. The van der Waals surface area contributed by atoms with Crippen molar-refractivity contribution in [1.82, 2.24) is 9.97 Å². The number of nitrogens with zero attached hydrogens (tertiary/aromatic N) is 5. The van der Waals surface area contributed by atoms with E-state index in [1.165, 1.54) is 109 Å². The van der Waals surface area contributed by atoms with Gasteiger partial charge in [-0.15, -0.1) is 0 Å². The molecule has 0 saturated heterocycles. The van der Waals surface area contributed by atoms with Crippen LogP contribution in [0.4, 0.5) is 90.7 Å². The van der Waals surface area contributed by atoms with Crippen molar-refractivity contribution in [2.45, 2.75) is 55.5 Å². The molecule has 13 aromatic rings. The van der Waals surface area contributed by atoms with Gasteiger partial charge in [0.2, 0.25) is 0 Å². The zero-order chi connectivity index (χ0) is 69.2. The summed E-state index contributed by atoms with van der Waals surface area (Å²) in [6.07, 6.45) is -14.4. The van der Waals surface area contributed by atoms with Gasteiger partial charge in [0.05, 0.1) is 11.4 Å². The Morgan fingerprint density at radius 3 is 0.576 bits per heavy atom. The predicted molar refractivity (Wildman–Crippen MR) is 379 cm³/mol. The van der Waals surface area contributed by atoms with Crippen molar-refractivity contribution in [3.05, 3.63) is 367 Å². The van der Waals surface area contributed by atoms with Crippen LogP contribution in [0.1, 0.15) is 54.2 Å². The first-order valence-electron chi connectivity index (χ1n) is 32.1. The highest BCUT2D eigenvalue weighted by Crippen LogP contribution is 2.51. The fourth-order valence-electron chi connectivity index (χ4n) is 12.9. The lowest BCUT2D eigenvalue weighted by Crippen LogP contribution is -2.40. The Balaban J connectivity index is 0.870. The molecule has 0 radical (unpaired) electrons. The second kappa shape index (κ2) is 26.8. The topological polar surface area (TPSA) is 35.5 Å². The molecule has 0 saturated carbocycles. The van der Waals surface area contributed by atoms with Crippen molar-refractivity contribution < 1.29 is 39.5 Å². The van der Waals surface area contributed by atoms with Gasteiger partial charge in [0.25, 0.3) is 0 Å². The van der Waals surface area contributed by atoms with E-state index in [-0.39, 0.29) is 56.2 Å². The molecule has 0 aliphatic carbocycles. The smallest absolute Gasteiger partial charge is 0.311 e. The number of alkyl halides is 9. The summed E-state index contributed by atoms with van der Waals surface area (Å²) >= 11 is 0. The van der Waals surface area contributed by atoms with Gasteiger partial charge in [-0.05, 0) is 169 Å². The maximum atomic E-state index is 15.9. The zero-order valence-corrected chi connectivity index (χ0v) is 53.9. The van der Waals surface area contributed by atoms with Crippen molar-refractivity contribution in [3.63, 3.8) is 0 Å². The lowest BCUT2D eigenvalue weighted by molar-refractivity contribution is -0.173. The summed E-state index contributed by atoms with van der Waals surface area (Å²) < 4.78 is 143. The van der Waals surface area contributed by atoms with E-state index in [1.807, 2.05) is 197 Å². The molecule has 1 heterocycles. The second-order valence-corrected chi connectivity index (χ2v) is 24.7. The Morgan fingerprint density at radius 1 is 0.212 bits per heavy atom. The number of rotatable bonds is 18. The van der Waals surface area contributed by atoms with Crippen LogP contribution in [0.3, 0.4) is 0 Å². The number of anilines is 9. The molecule has 3 unspecified atom stereocenters. The predicted octanol–water partition coefficient (Wildman–Crippen LogP) is 24.5. The van der Waals surface area contributed by atoms with Gasteiger partial charge in [-0.2, -0.15) is 39.5 Å². The number of hydrogen-bond acceptors (Lipinski definition) is 5. The maximum Gasteiger partial charge on any atom is 0.402 e. The largest absolute Gasteiger partial charge is 0.402 e. The van der Waals surface area contributed by atoms with Gasteiger partial charge in [-0.25, -0.2) is 9.97 Å². The van der Waals surface area contributed by atoms with Gasteiger partial charge in [0.1, 0.15) is 16.2 Å². The van der Waals surface area contributed by atoms with Crippen molar-refractivity contribution in [1.29, 1.82) is 0 Å². The van der Waals surface area contributed by atoms with Gasteiger partial charge in [0, 0.05) is 67.9 Å². The molecular weight excluding hydrogens is 1260 g/mol. The quantitative estimate of drug-likeness (QED) is 0.0800. The van der Waals surface area contributed by atoms with E-state index in [2.05, 4.69) is 0 Å². The number of benzene rings is 12. The first-order valence-corrected chi connectivity index (χ1v) is 32.1. The van der Waals surface area contributed by atoms with Gasteiger partial charge in [-0.3, -0.25) is 0 Å². The fourth-order valence-corrected chi connectivity index (χ4v) is 12.9. The molecule has 0 spiro atoms. The fraction of sp³-hybridized carbons (Fsp3) is 0.106. The minimum absolute atomic E-state index is 0.0149. The molecule has 1 aromatic heterocycles. The van der Waals surface area contributed by atoms with Crippen LogP contribution < -0.4 is 14.7 Å². The van der Waals surface area contributed by atoms with E-state index < -0.39 is 34.8 Å². The number of para-hydroxylation sites is 6. The van der Waals surface area contributed by atoms with E-state index in [1.54, 1.807) is 42.5 Å². The molecule has 0 aliphatic heterocycles. The molecule has 3 atom stereocenters. The van der Waals surface area contributed by atoms with Crippen LogP contribution in [-0.2, 0) is 16.2 Å². The Hall–Kier alpha value is -11.5. The molecule has 0 aliphatic rings. The van der Waals surface area contributed by atoms with Crippen LogP contribution in [0.15, 0.2) is 334 Å². The molecule has 13 rings (SSSR count). The highest BCUT2D eigenvalue weighted by Gasteiger charge is 2.56. The van der Waals surface area contributed by atoms with Gasteiger partial charge in [0.15, 0.2) is 5.82 Å². The number of aromatic nitrogens is 2. The molecule has 5 nitrogen and oxygen atoms in total. The molecule has 0 bridgehead atoms. The van der Waals surface area contributed by atoms with Crippen LogP contribution >= 0.6 is 0 Å². The highest BCUT2D eigenvalue weighted by molar-refractivity contribution is 5.80. The van der Waals surface area contributed by atoms with Crippen LogP contribution in [0.2, 0.25) is 0 Å². The Labute approximate surface area is 569 Å². The maximum absolute atomic E-state index is 15.9. The Bertz CT molecular complexity index is 4210. The third-order valence-corrected chi connectivity index (χ3v) is 18.9. The Morgan fingerprint density at radius 2 is 0.384 bits per heavy atom. The lowest BCUT2D eigenvalue weighted by Gasteiger charge is -2.34. The minimum Gasteiger partial charge on any atom is -0.311 e. The van der Waals surface area contributed by atoms with Crippen molar-refractivity contribution in [2.24, 2.45) is 0 Å². The molecule has 14 heteroatoms. The van der Waals surface area contributed by atoms with E-state index in [9.17, 15) is 0 Å². The number of halogens is 9. The normalized spacial score (nSPS) is 13.7. The molecule has 492 valence electrons. The first-order chi connectivity index (χ1) is 47.6. The monoisotopic (exact) mass is 1330 g/mol. The van der Waals surface area contributed by atoms with Crippen LogP contribution in [0.5, 0.6) is 0 Å². The van der Waals surface area contributed by atoms with E-state index in [0.717, 1.165) is 54.9 Å². The zero-order valence-electron chi connectivity index (χ0n) is 53.9. The SMILES string of the molecule is CC(c1ccc(-c2cc(-c3ccc(C(C)(c4ccc(N(c5ccccc5)c5ccccc5)cc4)C(F)(F)F)cc3)nc(-c3ccc(C(C)(c4ccc(N(c5ccccc5)c5ccccc5)cc4)C(F)(F)F)cc3)n2)cc1)(c1ccc(N(c2ccccc2)c2ccccc2)cc1)C(F)(F)F. The van der Waals surface area contributed by atoms with Crippen LogP contribution in [0, 0.1) is 0 Å². The van der Waals surface area contributed by atoms with Crippen molar-refractivity contribution in [2.75, 3.05) is 14.7 Å². The summed E-state index contributed by atoms with van der Waals surface area (Å²) in [5.74, 6) is 0.0303. The second-order valence-electron chi connectivity index (χ2n) is 24.7. The standard InChI is InChI=1S/C85H64F9N5/c1-80(83(86,87)88,65-46-52-74(53-47-65)97(68-22-10-4-11-23-68)69-24-12-5-13-25-69)62-40-34-59(35-41-62)77-58-78(60-36-42-63(43-37-60)81(2,84(89,90)91)66-48-54-75(55-49-66)98(70-26-14-6-15-27-70)71-28-16-7-17-29-71)96-79(95-77)61-38-44-64(45-39-61)82(3,85(92,93)94)67-50-56-76(57-51-67)99(72-30-18-8-19-31-72)73-32-20-9-21-33-73/h4-58H,1-3H3. The third kappa shape index (κ3) is 12.8. The third-order valence-electron chi connectivity index (χ3n) is 18.9. The van der Waals surface area contributed by atoms with E-state index in [4.69, 9.17) is 9.97 Å². The molecule has 0 amide bonds. The molecule has 0 N–H and O–H groups in total. The van der Waals surface area contributed by atoms with Gasteiger partial charge >= 0.3 is 18.5 Å². The average molecular weight is 1330 g/mol. The minimum atomic E-state index is -4.80. The van der Waals surface area contributed by atoms with E-state index >= 15 is 39.5 Å². The summed E-state index contributed by atoms with van der Waals surface area (Å²) in [5.41, 5.74) is 0.362. The van der Waals surface area contributed by atoms with Crippen molar-refractivity contribution in [3.8, 4) is 33.9 Å². The summed E-state index contributed by atoms with van der Waals surface area (Å²) in [7, 11) is 0. The van der Waals surface area contributed by atoms with E-state index in [0.29, 0.717) is 28.2 Å². The molecular formula is C85H64F9N5. The molecule has 99 heavy (non-hydrogen) atoms. The molecule has 12 aromatic carbocycles. The summed E-state index contributed by atoms with van der Waals surface area (Å²) in [6.45, 7) is 3.39. The first kappa shape index (κ1) is 66.1. The summed E-state index contributed by atoms with van der Waals surface area (Å²) in [5, 5.41) is 0. The Kier molecular flexibility index (Phi) is 17.9. The van der Waals surface area contributed by atoms with Crippen LogP contribution in [-0.4, -0.2) is 28.5 Å². The van der Waals surface area contributed by atoms with Crippen molar-refractivity contribution >= 4 is 51.2 Å².